The second kappa shape index (κ2) is 7.74. The van der Waals surface area contributed by atoms with E-state index < -0.39 is 10.0 Å². The quantitative estimate of drug-likeness (QED) is 0.708. The molecule has 0 radical (unpaired) electrons. The standard InChI is InChI=1S/C14H25N3O3S/c1-6-20-14-8-7-13(21(18,19)16-17(4)5)9-12(14)10-15-11(2)3/h7-9,11,15-16H,6,10H2,1-5H3. The van der Waals surface area contributed by atoms with E-state index in [0.29, 0.717) is 24.9 Å². The second-order valence-corrected chi connectivity index (χ2v) is 6.89. The average Bonchev–Trinajstić information content (AvgIpc) is 2.36. The van der Waals surface area contributed by atoms with Gasteiger partial charge in [-0.3, -0.25) is 0 Å². The third kappa shape index (κ3) is 5.62. The Morgan fingerprint density at radius 1 is 1.29 bits per heavy atom. The van der Waals surface area contributed by atoms with Crippen LogP contribution in [0.1, 0.15) is 26.3 Å². The van der Waals surface area contributed by atoms with Gasteiger partial charge in [-0.25, -0.2) is 13.4 Å². The predicted molar refractivity (Wildman–Crippen MR) is 83.6 cm³/mol. The minimum atomic E-state index is -3.56. The maximum Gasteiger partial charge on any atom is 0.253 e. The van der Waals surface area contributed by atoms with Crippen molar-refractivity contribution in [2.45, 2.75) is 38.3 Å². The molecule has 0 saturated heterocycles. The number of sulfonamides is 1. The first-order chi connectivity index (χ1) is 9.76. The van der Waals surface area contributed by atoms with Crippen LogP contribution >= 0.6 is 0 Å². The van der Waals surface area contributed by atoms with Crippen LogP contribution in [0.2, 0.25) is 0 Å². The molecule has 21 heavy (non-hydrogen) atoms. The summed E-state index contributed by atoms with van der Waals surface area (Å²) in [5.41, 5.74) is 0.826. The van der Waals surface area contributed by atoms with E-state index in [2.05, 4.69) is 10.1 Å². The zero-order valence-corrected chi connectivity index (χ0v) is 14.1. The predicted octanol–water partition coefficient (Wildman–Crippen LogP) is 1.34. The Balaban J connectivity index is 3.10. The molecule has 0 fully saturated rings. The molecular weight excluding hydrogens is 290 g/mol. The number of hydrazine groups is 1. The van der Waals surface area contributed by atoms with E-state index in [1.807, 2.05) is 20.8 Å². The molecule has 7 heteroatoms. The fourth-order valence-electron chi connectivity index (χ4n) is 1.76. The molecule has 1 rings (SSSR count). The van der Waals surface area contributed by atoms with E-state index in [4.69, 9.17) is 4.74 Å². The Morgan fingerprint density at radius 3 is 2.48 bits per heavy atom. The van der Waals surface area contributed by atoms with Crippen LogP contribution in [0.15, 0.2) is 23.1 Å². The third-order valence-electron chi connectivity index (χ3n) is 2.65. The molecule has 0 bridgehead atoms. The van der Waals surface area contributed by atoms with Gasteiger partial charge in [0.2, 0.25) is 0 Å². The van der Waals surface area contributed by atoms with Crippen molar-refractivity contribution in [3.8, 4) is 5.75 Å². The van der Waals surface area contributed by atoms with Crippen molar-refractivity contribution < 1.29 is 13.2 Å². The third-order valence-corrected chi connectivity index (χ3v) is 4.13. The monoisotopic (exact) mass is 315 g/mol. The molecule has 0 atom stereocenters. The highest BCUT2D eigenvalue weighted by Gasteiger charge is 2.17. The fourth-order valence-corrected chi connectivity index (χ4v) is 2.90. The smallest absolute Gasteiger partial charge is 0.253 e. The molecule has 6 nitrogen and oxygen atoms in total. The molecule has 0 amide bonds. The Kier molecular flexibility index (Phi) is 6.60. The van der Waals surface area contributed by atoms with E-state index in [1.54, 1.807) is 32.3 Å². The summed E-state index contributed by atoms with van der Waals surface area (Å²) in [6, 6.07) is 5.20. The van der Waals surface area contributed by atoms with Gasteiger partial charge in [-0.1, -0.05) is 13.8 Å². The largest absolute Gasteiger partial charge is 0.494 e. The SMILES string of the molecule is CCOc1ccc(S(=O)(=O)NN(C)C)cc1CNC(C)C. The van der Waals surface area contributed by atoms with Gasteiger partial charge >= 0.3 is 0 Å². The number of nitrogens with one attached hydrogen (secondary N) is 2. The van der Waals surface area contributed by atoms with Crippen molar-refractivity contribution in [1.82, 2.24) is 15.2 Å². The summed E-state index contributed by atoms with van der Waals surface area (Å²) in [6.45, 7) is 7.07. The van der Waals surface area contributed by atoms with Crippen LogP contribution in [0.4, 0.5) is 0 Å². The molecule has 0 saturated carbocycles. The lowest BCUT2D eigenvalue weighted by atomic mass is 10.2. The summed E-state index contributed by atoms with van der Waals surface area (Å²) in [5, 5.41) is 4.67. The van der Waals surface area contributed by atoms with Gasteiger partial charge in [0.15, 0.2) is 0 Å². The van der Waals surface area contributed by atoms with Gasteiger partial charge < -0.3 is 10.1 Å². The second-order valence-electron chi connectivity index (χ2n) is 5.23. The average molecular weight is 315 g/mol. The first kappa shape index (κ1) is 17.9. The lowest BCUT2D eigenvalue weighted by Crippen LogP contribution is -2.36. The van der Waals surface area contributed by atoms with Crippen LogP contribution in [-0.2, 0) is 16.6 Å². The van der Waals surface area contributed by atoms with Crippen LogP contribution in [0.5, 0.6) is 5.75 Å². The van der Waals surface area contributed by atoms with Gasteiger partial charge in [0, 0.05) is 32.2 Å². The molecule has 0 heterocycles. The van der Waals surface area contributed by atoms with Gasteiger partial charge in [0.25, 0.3) is 10.0 Å². The van der Waals surface area contributed by atoms with Crippen LogP contribution in [0.3, 0.4) is 0 Å². The highest BCUT2D eigenvalue weighted by Crippen LogP contribution is 2.23. The summed E-state index contributed by atoms with van der Waals surface area (Å²) in [7, 11) is -0.295. The number of hydrogen-bond acceptors (Lipinski definition) is 5. The summed E-state index contributed by atoms with van der Waals surface area (Å²) in [5.74, 6) is 0.703. The van der Waals surface area contributed by atoms with Gasteiger partial charge in [0.1, 0.15) is 5.75 Å². The summed E-state index contributed by atoms with van der Waals surface area (Å²) < 4.78 is 29.9. The summed E-state index contributed by atoms with van der Waals surface area (Å²) >= 11 is 0. The lowest BCUT2D eigenvalue weighted by Gasteiger charge is -2.16. The van der Waals surface area contributed by atoms with E-state index in [1.165, 1.54) is 5.01 Å². The summed E-state index contributed by atoms with van der Waals surface area (Å²) in [6.07, 6.45) is 0. The number of hydrogen-bond donors (Lipinski definition) is 2. The van der Waals surface area contributed by atoms with Crippen molar-refractivity contribution in [2.75, 3.05) is 20.7 Å². The first-order valence-electron chi connectivity index (χ1n) is 6.95. The number of ether oxygens (including phenoxy) is 1. The van der Waals surface area contributed by atoms with Crippen LogP contribution in [-0.4, -0.2) is 40.2 Å². The minimum Gasteiger partial charge on any atom is -0.494 e. The zero-order valence-electron chi connectivity index (χ0n) is 13.3. The van der Waals surface area contributed by atoms with Crippen molar-refractivity contribution in [1.29, 1.82) is 0 Å². The van der Waals surface area contributed by atoms with E-state index in [-0.39, 0.29) is 4.90 Å². The molecule has 2 N–H and O–H groups in total. The highest BCUT2D eigenvalue weighted by atomic mass is 32.2. The first-order valence-corrected chi connectivity index (χ1v) is 8.43. The minimum absolute atomic E-state index is 0.222. The van der Waals surface area contributed by atoms with Crippen LogP contribution < -0.4 is 14.9 Å². The molecule has 1 aromatic carbocycles. The van der Waals surface area contributed by atoms with Gasteiger partial charge in [0.05, 0.1) is 11.5 Å². The maximum atomic E-state index is 12.2. The molecule has 120 valence electrons. The zero-order chi connectivity index (χ0) is 16.0. The molecule has 0 aromatic heterocycles. The van der Waals surface area contributed by atoms with E-state index in [9.17, 15) is 8.42 Å². The Morgan fingerprint density at radius 2 is 1.95 bits per heavy atom. The number of benzene rings is 1. The van der Waals surface area contributed by atoms with Crippen molar-refractivity contribution in [2.24, 2.45) is 0 Å². The molecule has 0 aliphatic heterocycles. The van der Waals surface area contributed by atoms with Gasteiger partial charge in [-0.05, 0) is 25.1 Å². The summed E-state index contributed by atoms with van der Waals surface area (Å²) in [4.78, 5) is 2.65. The Bertz CT molecular complexity index is 557. The Labute approximate surface area is 127 Å². The lowest BCUT2D eigenvalue weighted by molar-refractivity contribution is 0.334. The fraction of sp³-hybridized carbons (Fsp3) is 0.571. The highest BCUT2D eigenvalue weighted by molar-refractivity contribution is 7.89. The Hall–Kier alpha value is -1.15. The molecule has 0 unspecified atom stereocenters. The molecule has 0 aliphatic rings. The van der Waals surface area contributed by atoms with Crippen molar-refractivity contribution in [3.05, 3.63) is 23.8 Å². The number of rotatable bonds is 8. The van der Waals surface area contributed by atoms with E-state index >= 15 is 0 Å². The molecular formula is C14H25N3O3S. The van der Waals surface area contributed by atoms with Gasteiger partial charge in [-0.2, -0.15) is 0 Å². The molecule has 0 spiro atoms. The van der Waals surface area contributed by atoms with Crippen molar-refractivity contribution in [3.63, 3.8) is 0 Å². The van der Waals surface area contributed by atoms with Crippen LogP contribution in [0, 0.1) is 0 Å². The van der Waals surface area contributed by atoms with Crippen LogP contribution in [0.25, 0.3) is 0 Å². The van der Waals surface area contributed by atoms with Gasteiger partial charge in [-0.15, -0.1) is 4.83 Å². The number of nitrogens with zero attached hydrogens (tertiary/aromatic N) is 1. The molecule has 0 aliphatic carbocycles. The normalized spacial score (nSPS) is 12.1. The van der Waals surface area contributed by atoms with Crippen molar-refractivity contribution >= 4 is 10.0 Å². The topological polar surface area (TPSA) is 70.7 Å². The maximum absolute atomic E-state index is 12.2. The molecule has 1 aromatic rings. The van der Waals surface area contributed by atoms with E-state index in [0.717, 1.165) is 5.56 Å².